The normalized spacial score (nSPS) is 12.1. The van der Waals surface area contributed by atoms with Crippen LogP contribution < -0.4 is 0 Å². The maximum atomic E-state index is 12.2. The summed E-state index contributed by atoms with van der Waals surface area (Å²) in [5.41, 5.74) is -1.86. The second kappa shape index (κ2) is 8.86. The lowest BCUT2D eigenvalue weighted by Crippen LogP contribution is -2.46. The smallest absolute Gasteiger partial charge is 0.411 e. The number of hydrogen-bond acceptors (Lipinski definition) is 5. The van der Waals surface area contributed by atoms with Crippen LogP contribution in [-0.4, -0.2) is 44.5 Å². The molecule has 0 fully saturated rings. The molecule has 0 aliphatic carbocycles. The number of halogens is 3. The molecule has 0 unspecified atom stereocenters. The Hall–Kier alpha value is -1.31. The van der Waals surface area contributed by atoms with Gasteiger partial charge < -0.3 is 14.2 Å². The lowest BCUT2D eigenvalue weighted by Gasteiger charge is -2.28. The molecule has 0 N–H and O–H groups in total. The third kappa shape index (κ3) is 6.33. The molecular formula is C13H21F3O5. The van der Waals surface area contributed by atoms with Crippen LogP contribution >= 0.6 is 0 Å². The van der Waals surface area contributed by atoms with Crippen LogP contribution in [0.15, 0.2) is 0 Å². The molecule has 0 amide bonds. The minimum atomic E-state index is -4.54. The first-order valence-electron chi connectivity index (χ1n) is 6.72. The first-order valence-corrected chi connectivity index (χ1v) is 6.72. The van der Waals surface area contributed by atoms with Crippen LogP contribution in [0.1, 0.15) is 33.6 Å². The van der Waals surface area contributed by atoms with Crippen LogP contribution in [0, 0.1) is 5.41 Å². The van der Waals surface area contributed by atoms with E-state index in [0.29, 0.717) is 6.42 Å². The van der Waals surface area contributed by atoms with E-state index < -0.39 is 36.7 Å². The van der Waals surface area contributed by atoms with Gasteiger partial charge in [0.15, 0.2) is 5.41 Å². The highest BCUT2D eigenvalue weighted by molar-refractivity contribution is 6.00. The van der Waals surface area contributed by atoms with Gasteiger partial charge in [0.1, 0.15) is 6.61 Å². The van der Waals surface area contributed by atoms with E-state index >= 15 is 0 Å². The fourth-order valence-corrected chi connectivity index (χ4v) is 1.78. The van der Waals surface area contributed by atoms with Crippen molar-refractivity contribution in [3.63, 3.8) is 0 Å². The number of esters is 2. The molecule has 124 valence electrons. The number of ether oxygens (including phenoxy) is 3. The van der Waals surface area contributed by atoms with E-state index in [9.17, 15) is 22.8 Å². The molecule has 0 aromatic heterocycles. The van der Waals surface area contributed by atoms with Gasteiger partial charge in [0.05, 0.1) is 19.8 Å². The van der Waals surface area contributed by atoms with Gasteiger partial charge in [-0.05, 0) is 20.3 Å². The Balaban J connectivity index is 5.17. The highest BCUT2D eigenvalue weighted by atomic mass is 19.4. The summed E-state index contributed by atoms with van der Waals surface area (Å²) >= 11 is 0. The molecular weight excluding hydrogens is 293 g/mol. The molecule has 8 heteroatoms. The largest absolute Gasteiger partial charge is 0.465 e. The summed E-state index contributed by atoms with van der Waals surface area (Å²) in [6.45, 7) is 2.50. The van der Waals surface area contributed by atoms with Gasteiger partial charge in [-0.1, -0.05) is 13.3 Å². The Kier molecular flexibility index (Phi) is 8.31. The van der Waals surface area contributed by atoms with Crippen molar-refractivity contribution < 1.29 is 37.0 Å². The van der Waals surface area contributed by atoms with Crippen molar-refractivity contribution in [2.24, 2.45) is 5.41 Å². The van der Waals surface area contributed by atoms with Gasteiger partial charge in [0.25, 0.3) is 0 Å². The number of carbonyl (C=O) groups is 2. The summed E-state index contributed by atoms with van der Waals surface area (Å²) in [5.74, 6) is -1.85. The third-order valence-electron chi connectivity index (χ3n) is 2.62. The predicted molar refractivity (Wildman–Crippen MR) is 67.5 cm³/mol. The molecule has 0 atom stereocenters. The molecule has 0 bridgehead atoms. The quantitative estimate of drug-likeness (QED) is 0.483. The molecule has 0 aliphatic heterocycles. The first-order chi connectivity index (χ1) is 9.73. The van der Waals surface area contributed by atoms with Crippen molar-refractivity contribution >= 4 is 11.9 Å². The van der Waals surface area contributed by atoms with Crippen LogP contribution in [0.25, 0.3) is 0 Å². The molecule has 0 spiro atoms. The average molecular weight is 314 g/mol. The van der Waals surface area contributed by atoms with Crippen molar-refractivity contribution in [1.82, 2.24) is 0 Å². The highest BCUT2D eigenvalue weighted by Gasteiger charge is 2.49. The molecule has 0 saturated heterocycles. The summed E-state index contributed by atoms with van der Waals surface area (Å²) in [4.78, 5) is 24.1. The zero-order valence-corrected chi connectivity index (χ0v) is 12.4. The minimum Gasteiger partial charge on any atom is -0.465 e. The Morgan fingerprint density at radius 1 is 0.905 bits per heavy atom. The van der Waals surface area contributed by atoms with E-state index in [0.717, 1.165) is 0 Å². The maximum absolute atomic E-state index is 12.2. The molecule has 0 heterocycles. The summed E-state index contributed by atoms with van der Waals surface area (Å²) in [5, 5.41) is 0. The average Bonchev–Trinajstić information content (AvgIpc) is 2.36. The van der Waals surface area contributed by atoms with Crippen molar-refractivity contribution in [1.29, 1.82) is 0 Å². The number of hydrogen-bond donors (Lipinski definition) is 0. The number of alkyl halides is 3. The summed E-state index contributed by atoms with van der Waals surface area (Å²) < 4.78 is 50.6. The van der Waals surface area contributed by atoms with Gasteiger partial charge in [0.2, 0.25) is 0 Å². The third-order valence-corrected chi connectivity index (χ3v) is 2.62. The summed E-state index contributed by atoms with van der Waals surface area (Å²) in [6, 6.07) is 0. The molecule has 0 aliphatic rings. The van der Waals surface area contributed by atoms with Crippen LogP contribution in [0.2, 0.25) is 0 Å². The summed E-state index contributed by atoms with van der Waals surface area (Å²) in [6.07, 6.45) is -4.17. The van der Waals surface area contributed by atoms with Crippen molar-refractivity contribution in [3.05, 3.63) is 0 Å². The van der Waals surface area contributed by atoms with Crippen LogP contribution in [0.3, 0.4) is 0 Å². The van der Waals surface area contributed by atoms with E-state index in [1.165, 1.54) is 13.8 Å². The van der Waals surface area contributed by atoms with E-state index in [2.05, 4.69) is 4.74 Å². The Labute approximate surface area is 121 Å². The first kappa shape index (κ1) is 19.7. The van der Waals surface area contributed by atoms with Gasteiger partial charge in [-0.15, -0.1) is 0 Å². The SMILES string of the molecule is CCCC(COCC(F)(F)F)(C(=O)OCC)C(=O)OCC. The zero-order chi connectivity index (χ0) is 16.5. The zero-order valence-electron chi connectivity index (χ0n) is 12.4. The maximum Gasteiger partial charge on any atom is 0.411 e. The monoisotopic (exact) mass is 314 g/mol. The van der Waals surface area contributed by atoms with Gasteiger partial charge >= 0.3 is 18.1 Å². The predicted octanol–water partition coefficient (Wildman–Crippen LogP) is 2.48. The minimum absolute atomic E-state index is 0.00295. The van der Waals surface area contributed by atoms with Crippen LogP contribution in [0.4, 0.5) is 13.2 Å². The van der Waals surface area contributed by atoms with Gasteiger partial charge in [-0.25, -0.2) is 0 Å². The molecule has 0 saturated carbocycles. The lowest BCUT2D eigenvalue weighted by molar-refractivity contribution is -0.196. The molecule has 5 nitrogen and oxygen atoms in total. The molecule has 0 radical (unpaired) electrons. The second-order valence-corrected chi connectivity index (χ2v) is 4.38. The molecule has 21 heavy (non-hydrogen) atoms. The van der Waals surface area contributed by atoms with Crippen molar-refractivity contribution in [2.75, 3.05) is 26.4 Å². The van der Waals surface area contributed by atoms with Gasteiger partial charge in [-0.3, -0.25) is 9.59 Å². The molecule has 0 rings (SSSR count). The highest BCUT2D eigenvalue weighted by Crippen LogP contribution is 2.29. The lowest BCUT2D eigenvalue weighted by atomic mass is 9.84. The molecule has 0 aromatic carbocycles. The fourth-order valence-electron chi connectivity index (χ4n) is 1.78. The van der Waals surface area contributed by atoms with Crippen molar-refractivity contribution in [3.8, 4) is 0 Å². The summed E-state index contributed by atoms with van der Waals surface area (Å²) in [7, 11) is 0. The van der Waals surface area contributed by atoms with E-state index in [1.807, 2.05) is 0 Å². The van der Waals surface area contributed by atoms with Crippen molar-refractivity contribution in [2.45, 2.75) is 39.8 Å². The van der Waals surface area contributed by atoms with Gasteiger partial charge in [0, 0.05) is 0 Å². The topological polar surface area (TPSA) is 61.8 Å². The number of rotatable bonds is 9. The Morgan fingerprint density at radius 2 is 1.38 bits per heavy atom. The van der Waals surface area contributed by atoms with E-state index in [-0.39, 0.29) is 19.6 Å². The van der Waals surface area contributed by atoms with Gasteiger partial charge in [-0.2, -0.15) is 13.2 Å². The van der Waals surface area contributed by atoms with E-state index in [1.54, 1.807) is 6.92 Å². The van der Waals surface area contributed by atoms with Crippen LogP contribution in [0.5, 0.6) is 0 Å². The van der Waals surface area contributed by atoms with Crippen LogP contribution in [-0.2, 0) is 23.8 Å². The second-order valence-electron chi connectivity index (χ2n) is 4.38. The standard InChI is InChI=1S/C13H21F3O5/c1-4-7-12(10(17)20-5-2,11(18)21-6-3)8-19-9-13(14,15)16/h4-9H2,1-3H3. The Morgan fingerprint density at radius 3 is 1.71 bits per heavy atom. The van der Waals surface area contributed by atoms with E-state index in [4.69, 9.17) is 9.47 Å². The fraction of sp³-hybridized carbons (Fsp3) is 0.846. The molecule has 0 aromatic rings. The Bertz CT molecular complexity index is 323. The number of carbonyl (C=O) groups excluding carboxylic acids is 2.